The molecule has 2 aromatic rings. The molecule has 1 saturated heterocycles. The lowest BCUT2D eigenvalue weighted by Crippen LogP contribution is -2.49. The molecule has 1 aromatic carbocycles. The first kappa shape index (κ1) is 29.6. The van der Waals surface area contributed by atoms with Crippen LogP contribution in [0.1, 0.15) is 95.6 Å². The topological polar surface area (TPSA) is 112 Å². The molecular weight excluding hydrogens is 504 g/mol. The van der Waals surface area contributed by atoms with Crippen LogP contribution in [0.15, 0.2) is 48.7 Å². The second-order valence-corrected chi connectivity index (χ2v) is 13.4. The summed E-state index contributed by atoms with van der Waals surface area (Å²) in [6, 6.07) is 11.3. The predicted molar refractivity (Wildman–Crippen MR) is 156 cm³/mol. The van der Waals surface area contributed by atoms with Gasteiger partial charge in [0, 0.05) is 23.6 Å². The van der Waals surface area contributed by atoms with Gasteiger partial charge in [0.1, 0.15) is 11.9 Å². The van der Waals surface area contributed by atoms with E-state index in [0.717, 1.165) is 37.7 Å². The van der Waals surface area contributed by atoms with E-state index in [1.807, 2.05) is 71.9 Å². The molecule has 1 aromatic heterocycles. The fourth-order valence-corrected chi connectivity index (χ4v) is 6.42. The number of amides is 2. The van der Waals surface area contributed by atoms with Gasteiger partial charge >= 0.3 is 5.97 Å². The predicted octanol–water partition coefficient (Wildman–Crippen LogP) is 5.67. The lowest BCUT2D eigenvalue weighted by molar-refractivity contribution is -0.154. The van der Waals surface area contributed by atoms with Crippen molar-refractivity contribution in [3.63, 3.8) is 0 Å². The number of likely N-dealkylation sites (tertiary alicyclic amines) is 1. The van der Waals surface area contributed by atoms with E-state index in [1.54, 1.807) is 17.0 Å². The Bertz CT molecular complexity index is 1190. The zero-order valence-corrected chi connectivity index (χ0v) is 24.6. The van der Waals surface area contributed by atoms with Crippen molar-refractivity contribution in [2.75, 3.05) is 5.32 Å². The molecule has 1 aliphatic carbocycles. The summed E-state index contributed by atoms with van der Waals surface area (Å²) in [4.78, 5) is 46.0. The van der Waals surface area contributed by atoms with Crippen molar-refractivity contribution < 1.29 is 19.5 Å². The zero-order chi connectivity index (χ0) is 29.2. The van der Waals surface area contributed by atoms with Gasteiger partial charge in [-0.1, -0.05) is 70.4 Å². The van der Waals surface area contributed by atoms with E-state index in [2.05, 4.69) is 15.6 Å². The number of hydrogen-bond acceptors (Lipinski definition) is 5. The molecule has 0 spiro atoms. The van der Waals surface area contributed by atoms with E-state index < -0.39 is 35.4 Å². The number of nitrogens with zero attached hydrogens (tertiary/aromatic N) is 2. The van der Waals surface area contributed by atoms with Crippen molar-refractivity contribution in [1.29, 1.82) is 0 Å². The van der Waals surface area contributed by atoms with Crippen LogP contribution in [0.25, 0.3) is 0 Å². The molecular formula is C32H44N4O4. The largest absolute Gasteiger partial charge is 0.480 e. The van der Waals surface area contributed by atoms with Crippen molar-refractivity contribution in [1.82, 2.24) is 15.2 Å². The number of aromatic nitrogens is 1. The molecule has 1 aliphatic heterocycles. The molecule has 4 atom stereocenters. The lowest BCUT2D eigenvalue weighted by Gasteiger charge is -2.36. The highest BCUT2D eigenvalue weighted by Gasteiger charge is 2.58. The highest BCUT2D eigenvalue weighted by atomic mass is 16.4. The average Bonchev–Trinajstić information content (AvgIpc) is 3.24. The Morgan fingerprint density at radius 1 is 0.925 bits per heavy atom. The number of hydrogen-bond donors (Lipinski definition) is 3. The van der Waals surface area contributed by atoms with Crippen LogP contribution in [0, 0.1) is 17.3 Å². The van der Waals surface area contributed by atoms with Gasteiger partial charge in [0.15, 0.2) is 0 Å². The first-order valence-corrected chi connectivity index (χ1v) is 14.4. The van der Waals surface area contributed by atoms with Gasteiger partial charge in [-0.3, -0.25) is 9.59 Å². The van der Waals surface area contributed by atoms with Crippen LogP contribution < -0.4 is 10.6 Å². The zero-order valence-electron chi connectivity index (χ0n) is 24.6. The van der Waals surface area contributed by atoms with Crippen molar-refractivity contribution in [2.24, 2.45) is 17.3 Å². The number of carbonyl (C=O) groups excluding carboxylic acids is 2. The van der Waals surface area contributed by atoms with Crippen LogP contribution in [-0.4, -0.2) is 50.4 Å². The Balaban J connectivity index is 1.76. The van der Waals surface area contributed by atoms with Crippen LogP contribution in [0.2, 0.25) is 0 Å². The number of anilines is 1. The molecule has 8 heteroatoms. The number of aliphatic carboxylic acids is 1. The number of carboxylic acid groups (broad SMARTS) is 1. The fourth-order valence-electron chi connectivity index (χ4n) is 6.42. The maximum Gasteiger partial charge on any atom is 0.326 e. The van der Waals surface area contributed by atoms with Crippen LogP contribution in [0.4, 0.5) is 5.82 Å². The summed E-state index contributed by atoms with van der Waals surface area (Å²) >= 11 is 0. The molecule has 40 heavy (non-hydrogen) atoms. The number of carboxylic acids is 1. The molecule has 3 N–H and O–H groups in total. The maximum absolute atomic E-state index is 14.2. The third-order valence-corrected chi connectivity index (χ3v) is 8.10. The highest BCUT2D eigenvalue weighted by Crippen LogP contribution is 2.50. The first-order valence-electron chi connectivity index (χ1n) is 14.4. The van der Waals surface area contributed by atoms with E-state index in [-0.39, 0.29) is 23.3 Å². The molecule has 4 rings (SSSR count). The van der Waals surface area contributed by atoms with Gasteiger partial charge in [0.25, 0.3) is 5.91 Å². The first-order chi connectivity index (χ1) is 18.8. The minimum absolute atomic E-state index is 0.0679. The van der Waals surface area contributed by atoms with Gasteiger partial charge in [-0.15, -0.1) is 0 Å². The number of nitrogens with one attached hydrogen (secondary N) is 2. The normalized spacial score (nSPS) is 24.0. The van der Waals surface area contributed by atoms with Gasteiger partial charge in [-0.25, -0.2) is 9.78 Å². The second-order valence-electron chi connectivity index (χ2n) is 13.4. The molecule has 0 radical (unpaired) electrons. The number of carbonyl (C=O) groups is 3. The molecule has 216 valence electrons. The third kappa shape index (κ3) is 6.48. The Labute approximate surface area is 237 Å². The maximum atomic E-state index is 14.2. The van der Waals surface area contributed by atoms with Gasteiger partial charge in [0.05, 0.1) is 17.6 Å². The summed E-state index contributed by atoms with van der Waals surface area (Å²) < 4.78 is 0. The number of pyridine rings is 1. The summed E-state index contributed by atoms with van der Waals surface area (Å²) in [5.41, 5.74) is 0.516. The molecule has 8 nitrogen and oxygen atoms in total. The van der Waals surface area contributed by atoms with E-state index in [1.165, 1.54) is 6.20 Å². The standard InChI is InChI=1S/C32H44N4O4/c1-31(2,3)24-25(34-23-18-17-22(19-33-23)28(37)35-32(4,5)6)26(20-13-9-7-10-14-20)36(27(24)30(39)40)29(38)21-15-11-8-12-16-21/h7,9-10,13-14,17-19,21,24-27H,8,11-12,15-16H2,1-6H3,(H,33,34)(H,35,37)(H,39,40)/t24-,25-,26-,27-/m0/s1. The van der Waals surface area contributed by atoms with Gasteiger partial charge in [-0.05, 0) is 56.7 Å². The van der Waals surface area contributed by atoms with E-state index >= 15 is 0 Å². The quantitative estimate of drug-likeness (QED) is 0.429. The summed E-state index contributed by atoms with van der Waals surface area (Å²) in [6.07, 6.45) is 6.20. The Morgan fingerprint density at radius 2 is 1.57 bits per heavy atom. The summed E-state index contributed by atoms with van der Waals surface area (Å²) in [5.74, 6) is -1.31. The third-order valence-electron chi connectivity index (χ3n) is 8.10. The minimum atomic E-state index is -0.992. The Morgan fingerprint density at radius 3 is 2.10 bits per heavy atom. The van der Waals surface area contributed by atoms with E-state index in [0.29, 0.717) is 11.4 Å². The van der Waals surface area contributed by atoms with Gasteiger partial charge in [0.2, 0.25) is 5.91 Å². The van der Waals surface area contributed by atoms with E-state index in [4.69, 9.17) is 0 Å². The molecule has 1 saturated carbocycles. The van der Waals surface area contributed by atoms with Crippen LogP contribution >= 0.6 is 0 Å². The SMILES string of the molecule is CC(C)(C)NC(=O)c1ccc(N[C@H]2[C@H](C(C)(C)C)[C@@H](C(=O)O)N(C(=O)C3CCCCC3)[C@H]2c2ccccc2)nc1. The summed E-state index contributed by atoms with van der Waals surface area (Å²) in [6.45, 7) is 11.9. The number of benzene rings is 1. The fraction of sp³-hybridized carbons (Fsp3) is 0.562. The second kappa shape index (κ2) is 11.6. The van der Waals surface area contributed by atoms with Gasteiger partial charge < -0.3 is 20.6 Å². The smallest absolute Gasteiger partial charge is 0.326 e. The molecule has 2 aliphatic rings. The molecule has 0 unspecified atom stereocenters. The lowest BCUT2D eigenvalue weighted by atomic mass is 9.72. The van der Waals surface area contributed by atoms with Crippen LogP contribution in [0.5, 0.6) is 0 Å². The van der Waals surface area contributed by atoms with Crippen LogP contribution in [-0.2, 0) is 9.59 Å². The molecule has 0 bridgehead atoms. The molecule has 2 fully saturated rings. The summed E-state index contributed by atoms with van der Waals surface area (Å²) in [5, 5.41) is 17.1. The minimum Gasteiger partial charge on any atom is -0.480 e. The van der Waals surface area contributed by atoms with Crippen LogP contribution in [0.3, 0.4) is 0 Å². The van der Waals surface area contributed by atoms with Gasteiger partial charge in [-0.2, -0.15) is 0 Å². The molecule has 2 heterocycles. The Kier molecular flexibility index (Phi) is 8.57. The van der Waals surface area contributed by atoms with Crippen molar-refractivity contribution in [3.05, 3.63) is 59.8 Å². The van der Waals surface area contributed by atoms with Crippen molar-refractivity contribution in [2.45, 2.75) is 97.3 Å². The van der Waals surface area contributed by atoms with Crippen molar-refractivity contribution in [3.8, 4) is 0 Å². The molecule has 2 amide bonds. The number of rotatable bonds is 6. The van der Waals surface area contributed by atoms with Crippen molar-refractivity contribution >= 4 is 23.6 Å². The average molecular weight is 549 g/mol. The monoisotopic (exact) mass is 548 g/mol. The Hall–Kier alpha value is -3.42. The van der Waals surface area contributed by atoms with E-state index in [9.17, 15) is 19.5 Å². The summed E-state index contributed by atoms with van der Waals surface area (Å²) in [7, 11) is 0. The highest BCUT2D eigenvalue weighted by molar-refractivity contribution is 5.94.